The largest absolute Gasteiger partial charge is 0.475 e. The van der Waals surface area contributed by atoms with Gasteiger partial charge in [-0.15, -0.1) is 0 Å². The molecule has 0 spiro atoms. The van der Waals surface area contributed by atoms with Crippen molar-refractivity contribution in [3.05, 3.63) is 41.8 Å². The van der Waals surface area contributed by atoms with E-state index in [0.29, 0.717) is 0 Å². The molecule has 7 nitrogen and oxygen atoms in total. The van der Waals surface area contributed by atoms with Crippen molar-refractivity contribution in [3.63, 3.8) is 0 Å². The lowest BCUT2D eigenvalue weighted by Crippen LogP contribution is -2.13. The van der Waals surface area contributed by atoms with Crippen LogP contribution < -0.4 is 5.32 Å². The van der Waals surface area contributed by atoms with Crippen molar-refractivity contribution in [2.45, 2.75) is 0 Å². The van der Waals surface area contributed by atoms with Crippen molar-refractivity contribution in [1.29, 1.82) is 0 Å². The molecule has 0 saturated carbocycles. The number of rotatable bonds is 3. The van der Waals surface area contributed by atoms with E-state index in [9.17, 15) is 14.0 Å². The minimum Gasteiger partial charge on any atom is -0.475 e. The number of carboxylic acids is 1. The van der Waals surface area contributed by atoms with Crippen LogP contribution in [0.2, 0.25) is 0 Å². The SMILES string of the molecule is O=C(Nc1ccncc1F)c1cc(C(=O)O)on1. The van der Waals surface area contributed by atoms with Gasteiger partial charge in [-0.25, -0.2) is 9.18 Å². The van der Waals surface area contributed by atoms with Crippen LogP contribution in [0.4, 0.5) is 10.1 Å². The lowest BCUT2D eigenvalue weighted by molar-refractivity contribution is 0.0651. The molecule has 0 fully saturated rings. The average Bonchev–Trinajstić information content (AvgIpc) is 2.81. The summed E-state index contributed by atoms with van der Waals surface area (Å²) in [4.78, 5) is 25.6. The number of halogens is 1. The first-order valence-corrected chi connectivity index (χ1v) is 4.69. The summed E-state index contributed by atoms with van der Waals surface area (Å²) in [5.41, 5.74) is -0.349. The van der Waals surface area contributed by atoms with Gasteiger partial charge in [0.15, 0.2) is 11.5 Å². The molecular weight excluding hydrogens is 245 g/mol. The van der Waals surface area contributed by atoms with Crippen molar-refractivity contribution in [3.8, 4) is 0 Å². The number of aromatic nitrogens is 2. The highest BCUT2D eigenvalue weighted by molar-refractivity contribution is 6.03. The second kappa shape index (κ2) is 4.62. The van der Waals surface area contributed by atoms with E-state index in [2.05, 4.69) is 20.0 Å². The van der Waals surface area contributed by atoms with Gasteiger partial charge < -0.3 is 14.9 Å². The van der Waals surface area contributed by atoms with Crippen LogP contribution >= 0.6 is 0 Å². The molecule has 2 aromatic heterocycles. The van der Waals surface area contributed by atoms with Crippen LogP contribution in [0.25, 0.3) is 0 Å². The molecule has 8 heteroatoms. The standard InChI is InChI=1S/C10H6FN3O4/c11-5-4-12-2-1-6(5)13-9(15)7-3-8(10(16)17)18-14-7/h1-4H,(H,16,17)(H,12,13,15). The molecule has 18 heavy (non-hydrogen) atoms. The Morgan fingerprint density at radius 2 is 2.22 bits per heavy atom. The molecule has 0 atom stereocenters. The summed E-state index contributed by atoms with van der Waals surface area (Å²) in [7, 11) is 0. The third-order valence-electron chi connectivity index (χ3n) is 1.97. The van der Waals surface area contributed by atoms with Gasteiger partial charge in [-0.05, 0) is 6.07 Å². The molecule has 2 rings (SSSR count). The number of hydrogen-bond donors (Lipinski definition) is 2. The van der Waals surface area contributed by atoms with Crippen LogP contribution in [0.3, 0.4) is 0 Å². The molecule has 1 amide bonds. The van der Waals surface area contributed by atoms with Gasteiger partial charge in [0.2, 0.25) is 5.76 Å². The van der Waals surface area contributed by atoms with Crippen LogP contribution in [-0.4, -0.2) is 27.1 Å². The molecule has 0 aliphatic carbocycles. The van der Waals surface area contributed by atoms with E-state index in [1.165, 1.54) is 12.3 Å². The molecule has 0 aromatic carbocycles. The maximum absolute atomic E-state index is 13.2. The van der Waals surface area contributed by atoms with E-state index in [1.54, 1.807) is 0 Å². The van der Waals surface area contributed by atoms with Crippen LogP contribution in [0.5, 0.6) is 0 Å². The van der Waals surface area contributed by atoms with Crippen molar-refractivity contribution < 1.29 is 23.6 Å². The molecule has 0 saturated heterocycles. The van der Waals surface area contributed by atoms with Crippen molar-refractivity contribution in [1.82, 2.24) is 10.1 Å². The van der Waals surface area contributed by atoms with Gasteiger partial charge in [-0.3, -0.25) is 9.78 Å². The van der Waals surface area contributed by atoms with Crippen LogP contribution in [0, 0.1) is 5.82 Å². The number of nitrogens with zero attached hydrogens (tertiary/aromatic N) is 2. The number of amides is 1. The Hall–Kier alpha value is -2.77. The van der Waals surface area contributed by atoms with E-state index in [0.717, 1.165) is 12.3 Å². The Bertz CT molecular complexity index is 611. The van der Waals surface area contributed by atoms with Gasteiger partial charge in [-0.2, -0.15) is 0 Å². The molecule has 2 aromatic rings. The topological polar surface area (TPSA) is 105 Å². The van der Waals surface area contributed by atoms with E-state index < -0.39 is 23.5 Å². The second-order valence-corrected chi connectivity index (χ2v) is 3.19. The summed E-state index contributed by atoms with van der Waals surface area (Å²) in [6.07, 6.45) is 2.23. The molecule has 0 aliphatic rings. The fourth-order valence-corrected chi connectivity index (χ4v) is 1.15. The number of carboxylic acid groups (broad SMARTS) is 1. The first-order chi connectivity index (χ1) is 8.58. The van der Waals surface area contributed by atoms with E-state index in [-0.39, 0.29) is 11.4 Å². The highest BCUT2D eigenvalue weighted by Crippen LogP contribution is 2.13. The molecule has 0 aliphatic heterocycles. The quantitative estimate of drug-likeness (QED) is 0.847. The van der Waals surface area contributed by atoms with Crippen molar-refractivity contribution in [2.75, 3.05) is 5.32 Å². The summed E-state index contributed by atoms with van der Waals surface area (Å²) in [5.74, 6) is -3.32. The number of nitrogens with one attached hydrogen (secondary N) is 1. The Kier molecular flexibility index (Phi) is 3.00. The molecule has 0 bridgehead atoms. The lowest BCUT2D eigenvalue weighted by atomic mass is 10.3. The zero-order valence-electron chi connectivity index (χ0n) is 8.75. The molecular formula is C10H6FN3O4. The first kappa shape index (κ1) is 11.7. The van der Waals surface area contributed by atoms with Gasteiger partial charge in [-0.1, -0.05) is 5.16 Å². The Labute approximate surface area is 99.2 Å². The fourth-order valence-electron chi connectivity index (χ4n) is 1.15. The number of anilines is 1. The number of pyridine rings is 1. The minimum absolute atomic E-state index is 0.0881. The first-order valence-electron chi connectivity index (χ1n) is 4.69. The number of carbonyl (C=O) groups excluding carboxylic acids is 1. The molecule has 2 heterocycles. The highest BCUT2D eigenvalue weighted by atomic mass is 19.1. The minimum atomic E-state index is -1.35. The van der Waals surface area contributed by atoms with E-state index in [1.807, 2.05) is 0 Å². The maximum atomic E-state index is 13.2. The summed E-state index contributed by atoms with van der Waals surface area (Å²) in [5, 5.41) is 14.0. The molecule has 0 radical (unpaired) electrons. The number of carbonyl (C=O) groups is 2. The molecule has 2 N–H and O–H groups in total. The van der Waals surface area contributed by atoms with Gasteiger partial charge in [0, 0.05) is 12.3 Å². The summed E-state index contributed by atoms with van der Waals surface area (Å²) < 4.78 is 17.6. The van der Waals surface area contributed by atoms with Gasteiger partial charge >= 0.3 is 5.97 Å². The Balaban J connectivity index is 2.17. The Morgan fingerprint density at radius 3 is 2.83 bits per heavy atom. The molecule has 92 valence electrons. The third kappa shape index (κ3) is 2.32. The second-order valence-electron chi connectivity index (χ2n) is 3.19. The molecule has 0 unspecified atom stereocenters. The summed E-state index contributed by atoms with van der Waals surface area (Å²) in [6, 6.07) is 2.20. The van der Waals surface area contributed by atoms with Crippen LogP contribution in [0.1, 0.15) is 21.0 Å². The normalized spacial score (nSPS) is 10.1. The van der Waals surface area contributed by atoms with Crippen molar-refractivity contribution in [2.24, 2.45) is 0 Å². The average molecular weight is 251 g/mol. The van der Waals surface area contributed by atoms with E-state index >= 15 is 0 Å². The van der Waals surface area contributed by atoms with Crippen LogP contribution in [-0.2, 0) is 0 Å². The summed E-state index contributed by atoms with van der Waals surface area (Å²) >= 11 is 0. The lowest BCUT2D eigenvalue weighted by Gasteiger charge is -2.02. The Morgan fingerprint density at radius 1 is 1.44 bits per heavy atom. The number of hydrogen-bond acceptors (Lipinski definition) is 5. The van der Waals surface area contributed by atoms with Crippen LogP contribution in [0.15, 0.2) is 29.0 Å². The third-order valence-corrected chi connectivity index (χ3v) is 1.97. The zero-order chi connectivity index (χ0) is 13.1. The zero-order valence-corrected chi connectivity index (χ0v) is 8.75. The summed E-state index contributed by atoms with van der Waals surface area (Å²) in [6.45, 7) is 0. The fraction of sp³-hybridized carbons (Fsp3) is 0. The number of aromatic carboxylic acids is 1. The highest BCUT2D eigenvalue weighted by Gasteiger charge is 2.17. The van der Waals surface area contributed by atoms with E-state index in [4.69, 9.17) is 5.11 Å². The predicted molar refractivity (Wildman–Crippen MR) is 55.6 cm³/mol. The van der Waals surface area contributed by atoms with Crippen molar-refractivity contribution >= 4 is 17.6 Å². The smallest absolute Gasteiger partial charge is 0.374 e. The maximum Gasteiger partial charge on any atom is 0.374 e. The monoisotopic (exact) mass is 251 g/mol. The van der Waals surface area contributed by atoms with Gasteiger partial charge in [0.1, 0.15) is 0 Å². The predicted octanol–water partition coefficient (Wildman–Crippen LogP) is 1.16. The van der Waals surface area contributed by atoms with Gasteiger partial charge in [0.25, 0.3) is 5.91 Å². The van der Waals surface area contributed by atoms with Gasteiger partial charge in [0.05, 0.1) is 11.9 Å².